The van der Waals surface area contributed by atoms with Crippen LogP contribution in [0.4, 0.5) is 11.4 Å². The van der Waals surface area contributed by atoms with E-state index >= 15 is 0 Å². The van der Waals surface area contributed by atoms with Gasteiger partial charge in [0.1, 0.15) is 0 Å². The summed E-state index contributed by atoms with van der Waals surface area (Å²) in [6.45, 7) is 1.43. The summed E-state index contributed by atoms with van der Waals surface area (Å²) < 4.78 is 0. The van der Waals surface area contributed by atoms with Crippen molar-refractivity contribution in [2.45, 2.75) is 6.92 Å². The topological polar surface area (TPSA) is 58.2 Å². The Bertz CT molecular complexity index is 685. The van der Waals surface area contributed by atoms with E-state index in [1.165, 1.54) is 13.0 Å². The van der Waals surface area contributed by atoms with E-state index in [-0.39, 0.29) is 11.8 Å². The fourth-order valence-electron chi connectivity index (χ4n) is 1.68. The Morgan fingerprint density at radius 3 is 1.95 bits per heavy atom. The number of hydrogen-bond acceptors (Lipinski definition) is 2. The lowest BCUT2D eigenvalue weighted by atomic mass is 10.2. The van der Waals surface area contributed by atoms with Gasteiger partial charge in [0, 0.05) is 23.9 Å². The van der Waals surface area contributed by atoms with Crippen LogP contribution < -0.4 is 10.6 Å². The molecule has 4 nitrogen and oxygen atoms in total. The molecule has 108 valence electrons. The minimum absolute atomic E-state index is 0.150. The van der Waals surface area contributed by atoms with Crippen LogP contribution in [0.3, 0.4) is 0 Å². The zero-order valence-corrected chi connectivity index (χ0v) is 12.6. The zero-order valence-electron chi connectivity index (χ0n) is 11.1. The van der Waals surface area contributed by atoms with E-state index in [1.807, 2.05) is 0 Å². The quantitative estimate of drug-likeness (QED) is 0.889. The van der Waals surface area contributed by atoms with Crippen molar-refractivity contribution in [3.05, 3.63) is 58.1 Å². The van der Waals surface area contributed by atoms with Crippen molar-refractivity contribution in [2.75, 3.05) is 10.6 Å². The summed E-state index contributed by atoms with van der Waals surface area (Å²) in [6, 6.07) is 11.5. The highest BCUT2D eigenvalue weighted by atomic mass is 35.5. The second kappa shape index (κ2) is 6.61. The van der Waals surface area contributed by atoms with Crippen LogP contribution in [0.2, 0.25) is 10.0 Å². The maximum Gasteiger partial charge on any atom is 0.255 e. The Kier molecular flexibility index (Phi) is 4.83. The van der Waals surface area contributed by atoms with Gasteiger partial charge in [-0.2, -0.15) is 0 Å². The number of rotatable bonds is 3. The first kappa shape index (κ1) is 15.4. The molecule has 0 radical (unpaired) electrons. The normalized spacial score (nSPS) is 10.0. The Labute approximate surface area is 132 Å². The van der Waals surface area contributed by atoms with Crippen LogP contribution in [-0.2, 0) is 4.79 Å². The third-order valence-corrected chi connectivity index (χ3v) is 3.38. The van der Waals surface area contributed by atoms with Gasteiger partial charge in [-0.05, 0) is 42.5 Å². The average molecular weight is 323 g/mol. The summed E-state index contributed by atoms with van der Waals surface area (Å²) in [4.78, 5) is 23.0. The van der Waals surface area contributed by atoms with Gasteiger partial charge in [-0.15, -0.1) is 0 Å². The van der Waals surface area contributed by atoms with Crippen LogP contribution >= 0.6 is 23.2 Å². The van der Waals surface area contributed by atoms with Crippen LogP contribution in [0.1, 0.15) is 17.3 Å². The Balaban J connectivity index is 2.08. The average Bonchev–Trinajstić information content (AvgIpc) is 2.43. The van der Waals surface area contributed by atoms with E-state index in [9.17, 15) is 9.59 Å². The first-order valence-electron chi connectivity index (χ1n) is 6.10. The molecule has 0 saturated carbocycles. The van der Waals surface area contributed by atoms with Crippen molar-refractivity contribution >= 4 is 46.4 Å². The number of benzene rings is 2. The highest BCUT2D eigenvalue weighted by Gasteiger charge is 2.08. The van der Waals surface area contributed by atoms with Crippen LogP contribution in [0.15, 0.2) is 42.5 Å². The van der Waals surface area contributed by atoms with Crippen molar-refractivity contribution < 1.29 is 9.59 Å². The van der Waals surface area contributed by atoms with Crippen molar-refractivity contribution in [3.8, 4) is 0 Å². The first-order chi connectivity index (χ1) is 9.95. The monoisotopic (exact) mass is 322 g/mol. The van der Waals surface area contributed by atoms with Gasteiger partial charge < -0.3 is 10.6 Å². The molecule has 0 aromatic heterocycles. The van der Waals surface area contributed by atoms with Gasteiger partial charge in [-0.1, -0.05) is 23.2 Å². The standard InChI is InChI=1S/C15H12Cl2N2O2/c1-9(20)18-11-3-5-12(6-4-11)19-15(21)10-2-7-13(16)14(17)8-10/h2-8H,1H3,(H,18,20)(H,19,21). The van der Waals surface area contributed by atoms with Crippen LogP contribution in [0.5, 0.6) is 0 Å². The molecule has 0 saturated heterocycles. The molecular weight excluding hydrogens is 311 g/mol. The lowest BCUT2D eigenvalue weighted by molar-refractivity contribution is -0.114. The maximum absolute atomic E-state index is 12.1. The summed E-state index contributed by atoms with van der Waals surface area (Å²) >= 11 is 11.7. The van der Waals surface area contributed by atoms with Crippen LogP contribution in [-0.4, -0.2) is 11.8 Å². The Morgan fingerprint density at radius 1 is 0.857 bits per heavy atom. The number of halogens is 2. The molecule has 0 aliphatic carbocycles. The third kappa shape index (κ3) is 4.21. The summed E-state index contributed by atoms with van der Waals surface area (Å²) in [5.74, 6) is -0.441. The summed E-state index contributed by atoms with van der Waals surface area (Å²) in [6.07, 6.45) is 0. The minimum atomic E-state index is -0.291. The predicted octanol–water partition coefficient (Wildman–Crippen LogP) is 4.20. The highest BCUT2D eigenvalue weighted by Crippen LogP contribution is 2.23. The van der Waals surface area contributed by atoms with Crippen LogP contribution in [0.25, 0.3) is 0 Å². The molecule has 0 unspecified atom stereocenters. The number of carbonyl (C=O) groups excluding carboxylic acids is 2. The molecule has 2 aromatic carbocycles. The maximum atomic E-state index is 12.1. The van der Waals surface area contributed by atoms with E-state index in [0.717, 1.165) is 0 Å². The van der Waals surface area contributed by atoms with Crippen molar-refractivity contribution in [2.24, 2.45) is 0 Å². The summed E-state index contributed by atoms with van der Waals surface area (Å²) in [5, 5.41) is 6.10. The molecular formula is C15H12Cl2N2O2. The molecule has 0 bridgehead atoms. The summed E-state index contributed by atoms with van der Waals surface area (Å²) in [5.41, 5.74) is 1.69. The second-order valence-corrected chi connectivity index (χ2v) is 5.16. The summed E-state index contributed by atoms with van der Waals surface area (Å²) in [7, 11) is 0. The highest BCUT2D eigenvalue weighted by molar-refractivity contribution is 6.42. The predicted molar refractivity (Wildman–Crippen MR) is 85.2 cm³/mol. The fraction of sp³-hybridized carbons (Fsp3) is 0.0667. The number of hydrogen-bond donors (Lipinski definition) is 2. The fourth-order valence-corrected chi connectivity index (χ4v) is 1.98. The van der Waals surface area contributed by atoms with Crippen molar-refractivity contribution in [1.82, 2.24) is 0 Å². The lowest BCUT2D eigenvalue weighted by Crippen LogP contribution is -2.12. The smallest absolute Gasteiger partial charge is 0.255 e. The molecule has 2 amide bonds. The van der Waals surface area contributed by atoms with E-state index in [2.05, 4.69) is 10.6 Å². The molecule has 2 N–H and O–H groups in total. The largest absolute Gasteiger partial charge is 0.326 e. The molecule has 2 aromatic rings. The van der Waals surface area contributed by atoms with Gasteiger partial charge in [0.25, 0.3) is 5.91 Å². The van der Waals surface area contributed by atoms with Gasteiger partial charge in [-0.3, -0.25) is 9.59 Å². The third-order valence-electron chi connectivity index (χ3n) is 2.64. The molecule has 0 atom stereocenters. The van der Waals surface area contributed by atoms with Crippen molar-refractivity contribution in [3.63, 3.8) is 0 Å². The van der Waals surface area contributed by atoms with Gasteiger partial charge in [0.15, 0.2) is 0 Å². The zero-order chi connectivity index (χ0) is 15.4. The number of amides is 2. The molecule has 6 heteroatoms. The first-order valence-corrected chi connectivity index (χ1v) is 6.85. The van der Waals surface area contributed by atoms with Gasteiger partial charge >= 0.3 is 0 Å². The van der Waals surface area contributed by atoms with E-state index in [4.69, 9.17) is 23.2 Å². The van der Waals surface area contributed by atoms with E-state index in [1.54, 1.807) is 36.4 Å². The van der Waals surface area contributed by atoms with Gasteiger partial charge in [0.2, 0.25) is 5.91 Å². The van der Waals surface area contributed by atoms with E-state index < -0.39 is 0 Å². The lowest BCUT2D eigenvalue weighted by Gasteiger charge is -2.07. The number of carbonyl (C=O) groups is 2. The van der Waals surface area contributed by atoms with E-state index in [0.29, 0.717) is 27.0 Å². The second-order valence-electron chi connectivity index (χ2n) is 4.34. The minimum Gasteiger partial charge on any atom is -0.326 e. The molecule has 0 aliphatic rings. The number of anilines is 2. The molecule has 2 rings (SSSR count). The molecule has 21 heavy (non-hydrogen) atoms. The molecule has 0 heterocycles. The number of nitrogens with one attached hydrogen (secondary N) is 2. The van der Waals surface area contributed by atoms with Gasteiger partial charge in [0.05, 0.1) is 10.0 Å². The Morgan fingerprint density at radius 2 is 1.43 bits per heavy atom. The van der Waals surface area contributed by atoms with Crippen molar-refractivity contribution in [1.29, 1.82) is 0 Å². The molecule has 0 fully saturated rings. The SMILES string of the molecule is CC(=O)Nc1ccc(NC(=O)c2ccc(Cl)c(Cl)c2)cc1. The Hall–Kier alpha value is -2.04. The molecule has 0 aliphatic heterocycles. The molecule has 0 spiro atoms. The van der Waals surface area contributed by atoms with Crippen LogP contribution in [0, 0.1) is 0 Å². The van der Waals surface area contributed by atoms with Gasteiger partial charge in [-0.25, -0.2) is 0 Å².